The number of aromatic nitrogens is 4. The fraction of sp³-hybridized carbons (Fsp3) is 0.148. The van der Waals surface area contributed by atoms with Gasteiger partial charge in [0.15, 0.2) is 0 Å². The lowest BCUT2D eigenvalue weighted by Crippen LogP contribution is -2.43. The molecule has 0 aromatic carbocycles. The summed E-state index contributed by atoms with van der Waals surface area (Å²) in [6.45, 7) is 1.47. The van der Waals surface area contributed by atoms with Gasteiger partial charge in [0.2, 0.25) is 5.91 Å². The number of pyridine rings is 4. The number of nitrogens with one attached hydrogen (secondary N) is 1. The largest absolute Gasteiger partial charge is 0.464 e. The number of hydrogen-bond donors (Lipinski definition) is 2. The third-order valence-corrected chi connectivity index (χ3v) is 5.73. The van der Waals surface area contributed by atoms with E-state index in [0.29, 0.717) is 5.69 Å². The Hall–Kier alpha value is -4.99. The summed E-state index contributed by atoms with van der Waals surface area (Å²) in [5.41, 5.74) is 3.30. The van der Waals surface area contributed by atoms with Crippen LogP contribution >= 0.6 is 0 Å². The zero-order chi connectivity index (χ0) is 26.2. The molecule has 0 aliphatic heterocycles. The van der Waals surface area contributed by atoms with Crippen LogP contribution in [-0.2, 0) is 4.79 Å². The zero-order valence-electron chi connectivity index (χ0n) is 19.9. The Morgan fingerprint density at radius 1 is 0.811 bits per heavy atom. The highest BCUT2D eigenvalue weighted by atomic mass is 16.4. The lowest BCUT2D eigenvalue weighted by atomic mass is 9.76. The monoisotopic (exact) mass is 496 g/mol. The topological polar surface area (TPSA) is 138 Å². The van der Waals surface area contributed by atoms with Gasteiger partial charge in [-0.1, -0.05) is 31.2 Å². The van der Waals surface area contributed by atoms with Gasteiger partial charge in [0, 0.05) is 55.4 Å². The van der Waals surface area contributed by atoms with Gasteiger partial charge in [-0.05, 0) is 47.0 Å². The van der Waals surface area contributed by atoms with E-state index in [-0.39, 0.29) is 29.0 Å². The number of rotatable bonds is 7. The van der Waals surface area contributed by atoms with Gasteiger partial charge in [0.1, 0.15) is 5.82 Å². The van der Waals surface area contributed by atoms with Gasteiger partial charge >= 0.3 is 12.1 Å². The Morgan fingerprint density at radius 3 is 1.81 bits per heavy atom. The summed E-state index contributed by atoms with van der Waals surface area (Å²) >= 11 is 0. The number of amides is 4. The quantitative estimate of drug-likeness (QED) is 0.376. The minimum Gasteiger partial charge on any atom is -0.464 e. The Bertz CT molecular complexity index is 1330. The van der Waals surface area contributed by atoms with Crippen LogP contribution in [0.15, 0.2) is 91.8 Å². The Kier molecular flexibility index (Phi) is 7.89. The van der Waals surface area contributed by atoms with Crippen LogP contribution in [0.2, 0.25) is 0 Å². The second-order valence-electron chi connectivity index (χ2n) is 8.06. The van der Waals surface area contributed by atoms with Gasteiger partial charge in [-0.3, -0.25) is 25.1 Å². The molecule has 4 amide bonds. The van der Waals surface area contributed by atoms with Crippen LogP contribution in [0, 0.1) is 0 Å². The van der Waals surface area contributed by atoms with E-state index >= 15 is 0 Å². The first kappa shape index (κ1) is 25.1. The van der Waals surface area contributed by atoms with Crippen molar-refractivity contribution in [3.8, 4) is 0 Å². The number of carboxylic acid groups (broad SMARTS) is 1. The molecule has 4 aromatic heterocycles. The summed E-state index contributed by atoms with van der Waals surface area (Å²) in [5.74, 6) is -1.38. The van der Waals surface area contributed by atoms with Crippen LogP contribution < -0.4 is 5.32 Å². The smallest absolute Gasteiger partial charge is 0.422 e. The van der Waals surface area contributed by atoms with Gasteiger partial charge in [0.25, 0.3) is 0 Å². The molecule has 10 heteroatoms. The molecule has 1 unspecified atom stereocenters. The third-order valence-electron chi connectivity index (χ3n) is 5.73. The van der Waals surface area contributed by atoms with Crippen LogP contribution in [0.5, 0.6) is 0 Å². The van der Waals surface area contributed by atoms with Crippen LogP contribution in [0.25, 0.3) is 0 Å². The van der Waals surface area contributed by atoms with Crippen molar-refractivity contribution >= 4 is 23.8 Å². The van der Waals surface area contributed by atoms with E-state index in [0.717, 1.165) is 16.7 Å². The van der Waals surface area contributed by atoms with E-state index in [1.54, 1.807) is 43.2 Å². The highest BCUT2D eigenvalue weighted by Crippen LogP contribution is 2.41. The Labute approximate surface area is 213 Å². The van der Waals surface area contributed by atoms with Gasteiger partial charge < -0.3 is 5.11 Å². The van der Waals surface area contributed by atoms with Crippen molar-refractivity contribution in [1.29, 1.82) is 0 Å². The zero-order valence-corrected chi connectivity index (χ0v) is 19.9. The maximum Gasteiger partial charge on any atom is 0.422 e. The highest BCUT2D eigenvalue weighted by Gasteiger charge is 2.31. The minimum absolute atomic E-state index is 0.0997. The van der Waals surface area contributed by atoms with Crippen LogP contribution in [0.4, 0.5) is 15.4 Å². The molecule has 0 bridgehead atoms. The molecule has 0 fully saturated rings. The van der Waals surface area contributed by atoms with Crippen LogP contribution in [-0.4, -0.2) is 48.0 Å². The number of carbonyl (C=O) groups is 3. The van der Waals surface area contributed by atoms with Gasteiger partial charge in [-0.25, -0.2) is 14.6 Å². The number of anilines is 1. The van der Waals surface area contributed by atoms with Crippen molar-refractivity contribution in [3.63, 3.8) is 0 Å². The molecular weight excluding hydrogens is 472 g/mol. The normalized spacial score (nSPS) is 11.5. The second-order valence-corrected chi connectivity index (χ2v) is 8.06. The minimum atomic E-state index is -1.66. The van der Waals surface area contributed by atoms with Crippen LogP contribution in [0.3, 0.4) is 0 Å². The van der Waals surface area contributed by atoms with Crippen molar-refractivity contribution in [1.82, 2.24) is 24.8 Å². The van der Waals surface area contributed by atoms with Gasteiger partial charge in [-0.2, -0.15) is 4.90 Å². The molecule has 0 aliphatic carbocycles. The summed E-state index contributed by atoms with van der Waals surface area (Å²) in [5, 5.41) is 11.8. The molecule has 0 radical (unpaired) electrons. The van der Waals surface area contributed by atoms with Crippen molar-refractivity contribution < 1.29 is 19.5 Å². The fourth-order valence-corrected chi connectivity index (χ4v) is 4.12. The molecule has 2 N–H and O–H groups in total. The maximum absolute atomic E-state index is 12.6. The lowest BCUT2D eigenvalue weighted by Gasteiger charge is -2.28. The molecule has 0 saturated carbocycles. The molecule has 37 heavy (non-hydrogen) atoms. The number of carbonyl (C=O) groups excluding carboxylic acids is 2. The molecule has 0 spiro atoms. The number of hydrogen-bond acceptors (Lipinski definition) is 7. The maximum atomic E-state index is 12.6. The Balaban J connectivity index is 1.80. The third kappa shape index (κ3) is 5.81. The molecule has 10 nitrogen and oxygen atoms in total. The van der Waals surface area contributed by atoms with Crippen molar-refractivity contribution in [2.45, 2.75) is 25.2 Å². The summed E-state index contributed by atoms with van der Waals surface area (Å²) in [4.78, 5) is 53.8. The number of urea groups is 1. The summed E-state index contributed by atoms with van der Waals surface area (Å²) in [6, 6.07) is 15.4. The first-order valence-corrected chi connectivity index (χ1v) is 11.5. The van der Waals surface area contributed by atoms with E-state index < -0.39 is 18.0 Å². The summed E-state index contributed by atoms with van der Waals surface area (Å²) in [7, 11) is 0. The fourth-order valence-electron chi connectivity index (χ4n) is 4.12. The molecule has 4 heterocycles. The van der Waals surface area contributed by atoms with Crippen molar-refractivity contribution in [2.75, 3.05) is 5.32 Å². The van der Waals surface area contributed by atoms with Crippen molar-refractivity contribution in [3.05, 3.63) is 114 Å². The molecule has 0 aliphatic rings. The van der Waals surface area contributed by atoms with E-state index in [1.807, 2.05) is 42.5 Å². The first-order valence-electron chi connectivity index (χ1n) is 11.5. The first-order chi connectivity index (χ1) is 18.0. The average Bonchev–Trinajstić information content (AvgIpc) is 2.93. The highest BCUT2D eigenvalue weighted by molar-refractivity contribution is 6.11. The second kappa shape index (κ2) is 11.6. The SMILES string of the molecule is CCC(=O)N(C(=O)O)C(=O)Nc1cccc(C(c2cccnc2)C(c2cccnc2)c2cccnc2)n1. The summed E-state index contributed by atoms with van der Waals surface area (Å²) in [6.07, 6.45) is 8.59. The van der Waals surface area contributed by atoms with E-state index in [2.05, 4.69) is 25.3 Å². The number of nitrogens with zero attached hydrogens (tertiary/aromatic N) is 5. The van der Waals surface area contributed by atoms with E-state index in [9.17, 15) is 19.5 Å². The summed E-state index contributed by atoms with van der Waals surface area (Å²) < 4.78 is 0. The molecular formula is C27H24N6O4. The predicted octanol–water partition coefficient (Wildman–Crippen LogP) is 4.68. The Morgan fingerprint density at radius 2 is 1.35 bits per heavy atom. The number of imide groups is 3. The molecule has 186 valence electrons. The van der Waals surface area contributed by atoms with E-state index in [4.69, 9.17) is 0 Å². The van der Waals surface area contributed by atoms with Gasteiger partial charge in [-0.15, -0.1) is 0 Å². The predicted molar refractivity (Wildman–Crippen MR) is 135 cm³/mol. The van der Waals surface area contributed by atoms with Crippen molar-refractivity contribution in [2.24, 2.45) is 0 Å². The molecule has 1 atom stereocenters. The molecule has 0 saturated heterocycles. The van der Waals surface area contributed by atoms with E-state index in [1.165, 1.54) is 13.0 Å². The average molecular weight is 497 g/mol. The lowest BCUT2D eigenvalue weighted by molar-refractivity contribution is -0.126. The van der Waals surface area contributed by atoms with Crippen LogP contribution in [0.1, 0.15) is 47.6 Å². The molecule has 4 aromatic rings. The van der Waals surface area contributed by atoms with Gasteiger partial charge in [0.05, 0.1) is 5.69 Å². The standard InChI is InChI=1S/C27H24N6O4/c1-2-23(34)33(27(36)37)26(35)32-22-11-3-10-21(31-22)25(20-9-6-14-30-17-20)24(18-7-4-12-28-15-18)19-8-5-13-29-16-19/h3-17,24-25H,2H2,1H3,(H,36,37)(H,31,32,35). The molecule has 4 rings (SSSR count).